The molecule has 20 heavy (non-hydrogen) atoms. The van der Waals surface area contributed by atoms with Crippen LogP contribution in [0.15, 0.2) is 18.2 Å². The molecule has 0 radical (unpaired) electrons. The summed E-state index contributed by atoms with van der Waals surface area (Å²) in [5, 5.41) is 8.93. The first kappa shape index (κ1) is 16.2. The Morgan fingerprint density at radius 2 is 2.05 bits per heavy atom. The topological polar surface area (TPSA) is 50.1 Å². The lowest BCUT2D eigenvalue weighted by molar-refractivity contribution is 0.101. The van der Waals surface area contributed by atoms with E-state index in [2.05, 4.69) is 6.07 Å². The molecule has 1 aromatic rings. The summed E-state index contributed by atoms with van der Waals surface area (Å²) >= 11 is 0. The van der Waals surface area contributed by atoms with Crippen LogP contribution in [0, 0.1) is 23.7 Å². The van der Waals surface area contributed by atoms with Crippen molar-refractivity contribution in [3.63, 3.8) is 0 Å². The predicted molar refractivity (Wildman–Crippen MR) is 79.9 cm³/mol. The van der Waals surface area contributed by atoms with E-state index >= 15 is 0 Å². The number of nitriles is 1. The average molecular weight is 273 g/mol. The highest BCUT2D eigenvalue weighted by Gasteiger charge is 2.15. The number of nitrogens with zero attached hydrogens (tertiary/aromatic N) is 1. The number of hydrogen-bond acceptors (Lipinski definition) is 3. The molecule has 0 saturated carbocycles. The van der Waals surface area contributed by atoms with E-state index in [0.29, 0.717) is 12.2 Å². The second-order valence-electron chi connectivity index (χ2n) is 5.84. The van der Waals surface area contributed by atoms with Gasteiger partial charge in [0.1, 0.15) is 5.75 Å². The molecule has 3 nitrogen and oxygen atoms in total. The van der Waals surface area contributed by atoms with Crippen LogP contribution in [0.25, 0.3) is 0 Å². The normalized spacial score (nSPS) is 10.9. The van der Waals surface area contributed by atoms with E-state index in [9.17, 15) is 4.79 Å². The SMILES string of the molecule is CC(=O)c1ccc(OCCCCC(C)(C)C#N)c(C)c1. The number of rotatable bonds is 7. The van der Waals surface area contributed by atoms with Gasteiger partial charge in [0, 0.05) is 5.56 Å². The molecule has 1 aromatic carbocycles. The van der Waals surface area contributed by atoms with Gasteiger partial charge in [-0.25, -0.2) is 0 Å². The van der Waals surface area contributed by atoms with Crippen LogP contribution >= 0.6 is 0 Å². The highest BCUT2D eigenvalue weighted by atomic mass is 16.5. The first-order chi connectivity index (χ1) is 9.35. The van der Waals surface area contributed by atoms with Gasteiger partial charge >= 0.3 is 0 Å². The Labute approximate surface area is 121 Å². The van der Waals surface area contributed by atoms with E-state index < -0.39 is 0 Å². The van der Waals surface area contributed by atoms with Crippen LogP contribution in [-0.4, -0.2) is 12.4 Å². The minimum Gasteiger partial charge on any atom is -0.493 e. The van der Waals surface area contributed by atoms with Gasteiger partial charge in [0.2, 0.25) is 0 Å². The molecule has 0 N–H and O–H groups in total. The zero-order valence-electron chi connectivity index (χ0n) is 12.8. The number of carbonyl (C=O) groups excluding carboxylic acids is 1. The molecule has 0 fully saturated rings. The molecule has 0 atom stereocenters. The number of benzene rings is 1. The molecule has 0 spiro atoms. The Bertz CT molecular complexity index is 512. The monoisotopic (exact) mass is 273 g/mol. The van der Waals surface area contributed by atoms with Crippen LogP contribution in [-0.2, 0) is 0 Å². The summed E-state index contributed by atoms with van der Waals surface area (Å²) in [4.78, 5) is 11.3. The van der Waals surface area contributed by atoms with E-state index in [1.54, 1.807) is 13.0 Å². The smallest absolute Gasteiger partial charge is 0.159 e. The second kappa shape index (κ2) is 7.09. The molecule has 108 valence electrons. The maximum atomic E-state index is 11.3. The van der Waals surface area contributed by atoms with Crippen LogP contribution in [0.3, 0.4) is 0 Å². The summed E-state index contributed by atoms with van der Waals surface area (Å²) in [5.41, 5.74) is 1.44. The van der Waals surface area contributed by atoms with Gasteiger partial charge in [-0.2, -0.15) is 5.26 Å². The predicted octanol–water partition coefficient (Wildman–Crippen LogP) is 4.30. The van der Waals surface area contributed by atoms with Crippen LogP contribution in [0.4, 0.5) is 0 Å². The van der Waals surface area contributed by atoms with Crippen LogP contribution < -0.4 is 4.74 Å². The largest absolute Gasteiger partial charge is 0.493 e. The molecule has 0 aliphatic heterocycles. The lowest BCUT2D eigenvalue weighted by atomic mass is 9.89. The first-order valence-electron chi connectivity index (χ1n) is 7.01. The molecule has 0 saturated heterocycles. The van der Waals surface area contributed by atoms with Gasteiger partial charge in [0.15, 0.2) is 5.78 Å². The average Bonchev–Trinajstić information content (AvgIpc) is 2.39. The quantitative estimate of drug-likeness (QED) is 0.550. The Kier molecular flexibility index (Phi) is 5.76. The summed E-state index contributed by atoms with van der Waals surface area (Å²) in [6.07, 6.45) is 2.79. The standard InChI is InChI=1S/C17H23NO2/c1-13-11-15(14(2)19)7-8-16(13)20-10-6-5-9-17(3,4)12-18/h7-8,11H,5-6,9-10H2,1-4H3. The fourth-order valence-electron chi connectivity index (χ4n) is 1.94. The number of ketones is 1. The van der Waals surface area contributed by atoms with E-state index in [4.69, 9.17) is 10.00 Å². The van der Waals surface area contributed by atoms with Gasteiger partial charge in [0.25, 0.3) is 0 Å². The van der Waals surface area contributed by atoms with Crippen molar-refractivity contribution < 1.29 is 9.53 Å². The summed E-state index contributed by atoms with van der Waals surface area (Å²) in [5.74, 6) is 0.896. The van der Waals surface area contributed by atoms with Gasteiger partial charge in [-0.15, -0.1) is 0 Å². The van der Waals surface area contributed by atoms with Gasteiger partial charge < -0.3 is 4.74 Å². The molecule has 0 amide bonds. The van der Waals surface area contributed by atoms with Crippen molar-refractivity contribution in [3.8, 4) is 11.8 Å². The number of aryl methyl sites for hydroxylation is 1. The fraction of sp³-hybridized carbons (Fsp3) is 0.529. The summed E-state index contributed by atoms with van der Waals surface area (Å²) in [7, 11) is 0. The highest BCUT2D eigenvalue weighted by molar-refractivity contribution is 5.94. The van der Waals surface area contributed by atoms with Crippen LogP contribution in [0.2, 0.25) is 0 Å². The summed E-state index contributed by atoms with van der Waals surface area (Å²) in [6.45, 7) is 8.06. The lowest BCUT2D eigenvalue weighted by Gasteiger charge is -2.15. The third-order valence-corrected chi connectivity index (χ3v) is 3.34. The number of Topliss-reactive ketones (excluding diaryl/α,β-unsaturated/α-hetero) is 1. The molecular formula is C17H23NO2. The van der Waals surface area contributed by atoms with Gasteiger partial charge in [0.05, 0.1) is 18.1 Å². The lowest BCUT2D eigenvalue weighted by Crippen LogP contribution is -2.08. The fourth-order valence-corrected chi connectivity index (χ4v) is 1.94. The van der Waals surface area contributed by atoms with Gasteiger partial charge in [-0.3, -0.25) is 4.79 Å². The van der Waals surface area contributed by atoms with Crippen molar-refractivity contribution >= 4 is 5.78 Å². The van der Waals surface area contributed by atoms with Gasteiger partial charge in [-0.1, -0.05) is 0 Å². The summed E-state index contributed by atoms with van der Waals surface area (Å²) in [6, 6.07) is 7.81. The van der Waals surface area contributed by atoms with E-state index in [1.807, 2.05) is 32.9 Å². The zero-order chi connectivity index (χ0) is 15.2. The van der Waals surface area contributed by atoms with E-state index in [0.717, 1.165) is 30.6 Å². The van der Waals surface area contributed by atoms with E-state index in [-0.39, 0.29) is 11.2 Å². The molecule has 0 unspecified atom stereocenters. The van der Waals surface area contributed by atoms with Crippen molar-refractivity contribution in [2.24, 2.45) is 5.41 Å². The molecule has 1 rings (SSSR count). The Morgan fingerprint density at radius 1 is 1.35 bits per heavy atom. The molecule has 0 heterocycles. The van der Waals surface area contributed by atoms with Gasteiger partial charge in [-0.05, 0) is 70.7 Å². The minimum absolute atomic E-state index is 0.0679. The molecule has 0 aromatic heterocycles. The van der Waals surface area contributed by atoms with Crippen molar-refractivity contribution in [3.05, 3.63) is 29.3 Å². The third-order valence-electron chi connectivity index (χ3n) is 3.34. The highest BCUT2D eigenvalue weighted by Crippen LogP contribution is 2.23. The second-order valence-corrected chi connectivity index (χ2v) is 5.84. The number of hydrogen-bond donors (Lipinski definition) is 0. The Morgan fingerprint density at radius 3 is 2.60 bits per heavy atom. The van der Waals surface area contributed by atoms with Crippen molar-refractivity contribution in [2.75, 3.05) is 6.61 Å². The van der Waals surface area contributed by atoms with Crippen molar-refractivity contribution in [1.29, 1.82) is 5.26 Å². The molecule has 0 bridgehead atoms. The van der Waals surface area contributed by atoms with Crippen LogP contribution in [0.5, 0.6) is 5.75 Å². The first-order valence-corrected chi connectivity index (χ1v) is 7.01. The summed E-state index contributed by atoms with van der Waals surface area (Å²) < 4.78 is 5.73. The minimum atomic E-state index is -0.251. The van der Waals surface area contributed by atoms with Crippen LogP contribution in [0.1, 0.15) is 56.0 Å². The maximum Gasteiger partial charge on any atom is 0.159 e. The van der Waals surface area contributed by atoms with E-state index in [1.165, 1.54) is 0 Å². The number of ether oxygens (including phenoxy) is 1. The zero-order valence-corrected chi connectivity index (χ0v) is 12.8. The number of carbonyl (C=O) groups is 1. The molecule has 0 aliphatic rings. The van der Waals surface area contributed by atoms with Crippen molar-refractivity contribution in [2.45, 2.75) is 47.0 Å². The maximum absolute atomic E-state index is 11.3. The molecule has 0 aliphatic carbocycles. The Hall–Kier alpha value is -1.82. The third kappa shape index (κ3) is 5.05. The molecular weight excluding hydrogens is 250 g/mol. The number of unbranched alkanes of at least 4 members (excludes halogenated alkanes) is 1. The Balaban J connectivity index is 2.40. The van der Waals surface area contributed by atoms with Crippen molar-refractivity contribution in [1.82, 2.24) is 0 Å². The molecule has 3 heteroatoms.